The average Bonchev–Trinajstić information content (AvgIpc) is 3.59. The molecule has 1 aliphatic carbocycles. The smallest absolute Gasteiger partial charge is 0.255 e. The fourth-order valence-electron chi connectivity index (χ4n) is 9.33. The largest absolute Gasteiger partial charge is 0.490 e. The molecule has 4 aromatic rings. The van der Waals surface area contributed by atoms with E-state index in [4.69, 9.17) is 11.3 Å². The summed E-state index contributed by atoms with van der Waals surface area (Å²) in [5.41, 5.74) is 4.30. The molecule has 0 unspecified atom stereocenters. The number of pyridine rings is 1. The highest BCUT2D eigenvalue weighted by atomic mass is 16.5. The molecule has 9 rings (SSSR count). The SMILES string of the molecule is [C-]#[N+]c1ccc(OC2CCC(NC(=O)c3cnc(N4CCC(CN5CCN(c6ccc7c(c6)CN([C@H]6CCC(=O)NC6=O)C7=O)CC5)CC4)nc3)CC2)c2cccnc12. The highest BCUT2D eigenvalue weighted by molar-refractivity contribution is 6.05. The Morgan fingerprint density at radius 1 is 0.881 bits per heavy atom. The topological polar surface area (TPSA) is 158 Å². The lowest BCUT2D eigenvalue weighted by Gasteiger charge is -2.39. The van der Waals surface area contributed by atoms with Crippen LogP contribution in [0.1, 0.15) is 77.6 Å². The van der Waals surface area contributed by atoms with Crippen LogP contribution in [-0.4, -0.2) is 112 Å². The maximum Gasteiger partial charge on any atom is 0.255 e. The summed E-state index contributed by atoms with van der Waals surface area (Å²) in [5.74, 6) is 1.02. The summed E-state index contributed by atoms with van der Waals surface area (Å²) >= 11 is 0. The van der Waals surface area contributed by atoms with E-state index in [1.165, 1.54) is 0 Å². The van der Waals surface area contributed by atoms with E-state index in [2.05, 4.69) is 51.2 Å². The molecular weight excluding hydrogens is 749 g/mol. The first-order valence-corrected chi connectivity index (χ1v) is 20.8. The van der Waals surface area contributed by atoms with Gasteiger partial charge in [-0.25, -0.2) is 14.8 Å². The lowest BCUT2D eigenvalue weighted by molar-refractivity contribution is -0.136. The number of carbonyl (C=O) groups excluding carboxylic acids is 4. The number of imide groups is 1. The van der Waals surface area contributed by atoms with Gasteiger partial charge in [0.05, 0.1) is 23.8 Å². The van der Waals surface area contributed by atoms with Gasteiger partial charge in [-0.3, -0.25) is 34.4 Å². The number of aromatic nitrogens is 3. The second kappa shape index (κ2) is 16.6. The first-order chi connectivity index (χ1) is 28.8. The van der Waals surface area contributed by atoms with Gasteiger partial charge in [-0.15, -0.1) is 0 Å². The maximum absolute atomic E-state index is 13.1. The van der Waals surface area contributed by atoms with Gasteiger partial charge in [0.1, 0.15) is 11.8 Å². The zero-order valence-electron chi connectivity index (χ0n) is 33.0. The van der Waals surface area contributed by atoms with Crippen LogP contribution < -0.4 is 25.2 Å². The number of anilines is 2. The fraction of sp³-hybridized carbons (Fsp3) is 0.455. The van der Waals surface area contributed by atoms with Crippen molar-refractivity contribution >= 4 is 51.9 Å². The van der Waals surface area contributed by atoms with Crippen LogP contribution in [0.25, 0.3) is 15.7 Å². The third-order valence-electron chi connectivity index (χ3n) is 12.7. The van der Waals surface area contributed by atoms with Crippen LogP contribution in [0.15, 0.2) is 61.1 Å². The van der Waals surface area contributed by atoms with E-state index >= 15 is 0 Å². The molecule has 4 amide bonds. The summed E-state index contributed by atoms with van der Waals surface area (Å²) in [4.78, 5) is 76.2. The van der Waals surface area contributed by atoms with Gasteiger partial charge in [-0.2, -0.15) is 0 Å². The molecule has 0 radical (unpaired) electrons. The zero-order valence-corrected chi connectivity index (χ0v) is 33.0. The van der Waals surface area contributed by atoms with Crippen LogP contribution in [0.4, 0.5) is 17.3 Å². The first-order valence-electron chi connectivity index (χ1n) is 20.8. The Morgan fingerprint density at radius 2 is 1.66 bits per heavy atom. The number of benzene rings is 2. The number of piperazine rings is 1. The normalized spacial score (nSPS) is 22.9. The van der Waals surface area contributed by atoms with Crippen LogP contribution in [0.5, 0.6) is 5.75 Å². The summed E-state index contributed by atoms with van der Waals surface area (Å²) in [6.45, 7) is 14.4. The Kier molecular flexibility index (Phi) is 10.8. The molecule has 1 atom stereocenters. The quantitative estimate of drug-likeness (QED) is 0.182. The summed E-state index contributed by atoms with van der Waals surface area (Å²) in [6.07, 6.45) is 11.0. The molecule has 5 aliphatic rings. The third kappa shape index (κ3) is 8.14. The molecule has 3 saturated heterocycles. The molecular formula is C44H48N10O5. The second-order valence-electron chi connectivity index (χ2n) is 16.4. The van der Waals surface area contributed by atoms with Gasteiger partial charge in [0.15, 0.2) is 0 Å². The Bertz CT molecular complexity index is 2290. The molecule has 15 heteroatoms. The number of fused-ring (bicyclic) bond motifs is 2. The third-order valence-corrected chi connectivity index (χ3v) is 12.7. The van der Waals surface area contributed by atoms with Crippen molar-refractivity contribution in [2.75, 3.05) is 55.6 Å². The Hall–Kier alpha value is -6.14. The fourth-order valence-corrected chi connectivity index (χ4v) is 9.33. The van der Waals surface area contributed by atoms with E-state index in [-0.39, 0.29) is 42.2 Å². The molecule has 2 N–H and O–H groups in total. The highest BCUT2D eigenvalue weighted by Gasteiger charge is 2.39. The van der Waals surface area contributed by atoms with Crippen LogP contribution in [0.2, 0.25) is 0 Å². The van der Waals surface area contributed by atoms with E-state index in [1.807, 2.05) is 30.3 Å². The molecule has 15 nitrogen and oxygen atoms in total. The Labute approximate surface area is 342 Å². The number of nitrogens with zero attached hydrogens (tertiary/aromatic N) is 8. The molecule has 0 spiro atoms. The molecule has 6 heterocycles. The van der Waals surface area contributed by atoms with Crippen molar-refractivity contribution < 1.29 is 23.9 Å². The lowest BCUT2D eigenvalue weighted by atomic mass is 9.92. The molecule has 59 heavy (non-hydrogen) atoms. The van der Waals surface area contributed by atoms with Crippen molar-refractivity contribution in [3.05, 3.63) is 89.2 Å². The summed E-state index contributed by atoms with van der Waals surface area (Å²) in [7, 11) is 0. The van der Waals surface area contributed by atoms with Gasteiger partial charge in [0.25, 0.3) is 11.8 Å². The predicted molar refractivity (Wildman–Crippen MR) is 220 cm³/mol. The van der Waals surface area contributed by atoms with Crippen LogP contribution in [0, 0.1) is 12.5 Å². The number of hydrogen-bond donors (Lipinski definition) is 2. The minimum Gasteiger partial charge on any atom is -0.490 e. The van der Waals surface area contributed by atoms with Crippen LogP contribution in [-0.2, 0) is 16.1 Å². The Balaban J connectivity index is 0.693. The lowest BCUT2D eigenvalue weighted by Crippen LogP contribution is -2.52. The number of hydrogen-bond acceptors (Lipinski definition) is 11. The summed E-state index contributed by atoms with van der Waals surface area (Å²) in [5, 5.41) is 6.39. The van der Waals surface area contributed by atoms with E-state index in [0.29, 0.717) is 47.2 Å². The number of carbonyl (C=O) groups is 4. The van der Waals surface area contributed by atoms with Crippen LogP contribution >= 0.6 is 0 Å². The van der Waals surface area contributed by atoms with Gasteiger partial charge in [-0.05, 0) is 92.8 Å². The number of ether oxygens (including phenoxy) is 1. The predicted octanol–water partition coefficient (Wildman–Crippen LogP) is 4.50. The van der Waals surface area contributed by atoms with E-state index < -0.39 is 6.04 Å². The van der Waals surface area contributed by atoms with Crippen molar-refractivity contribution in [2.45, 2.75) is 76.1 Å². The number of nitrogens with one attached hydrogen (secondary N) is 2. The van der Waals surface area contributed by atoms with E-state index in [0.717, 1.165) is 107 Å². The summed E-state index contributed by atoms with van der Waals surface area (Å²) in [6, 6.07) is 12.8. The van der Waals surface area contributed by atoms with E-state index in [9.17, 15) is 19.2 Å². The second-order valence-corrected chi connectivity index (χ2v) is 16.4. The molecule has 304 valence electrons. The minimum absolute atomic E-state index is 0.0301. The average molecular weight is 797 g/mol. The minimum atomic E-state index is -0.605. The van der Waals surface area contributed by atoms with Crippen molar-refractivity contribution in [3.8, 4) is 5.75 Å². The maximum atomic E-state index is 13.1. The van der Waals surface area contributed by atoms with Gasteiger partial charge >= 0.3 is 0 Å². The molecule has 4 fully saturated rings. The van der Waals surface area contributed by atoms with Gasteiger partial charge in [-0.1, -0.05) is 6.07 Å². The van der Waals surface area contributed by atoms with E-state index in [1.54, 1.807) is 29.6 Å². The molecule has 0 bridgehead atoms. The van der Waals surface area contributed by atoms with Gasteiger partial charge in [0, 0.05) is 100 Å². The standard InChI is InChI=1S/C44H48N10O5/c1-45-36-10-12-38(35-3-2-16-46-40(35)36)59-33-7-4-31(5-8-33)49-41(56)30-24-47-44(48-25-30)53-17-14-28(15-18-53)26-51-19-21-52(22-20-51)32-6-9-34-29(23-32)27-54(43(34)58)37-11-13-39(55)50-42(37)57/h2-3,6,9-10,12,16,23-25,28,31,33,37H,4-5,7-8,11,13-15,17-22,26-27H2,(H,49,56)(H,50,55,57)/t31?,33?,37-/m0/s1. The Morgan fingerprint density at radius 3 is 2.41 bits per heavy atom. The zero-order chi connectivity index (χ0) is 40.5. The van der Waals surface area contributed by atoms with Crippen molar-refractivity contribution in [1.29, 1.82) is 0 Å². The number of amides is 4. The molecule has 2 aromatic carbocycles. The monoisotopic (exact) mass is 796 g/mol. The summed E-state index contributed by atoms with van der Waals surface area (Å²) < 4.78 is 6.37. The van der Waals surface area contributed by atoms with Crippen LogP contribution in [0.3, 0.4) is 0 Å². The number of piperidine rings is 2. The van der Waals surface area contributed by atoms with Crippen molar-refractivity contribution in [1.82, 2.24) is 35.4 Å². The number of rotatable bonds is 9. The highest BCUT2D eigenvalue weighted by Crippen LogP contribution is 2.35. The van der Waals surface area contributed by atoms with Crippen molar-refractivity contribution in [3.63, 3.8) is 0 Å². The first kappa shape index (κ1) is 38.4. The molecule has 1 saturated carbocycles. The van der Waals surface area contributed by atoms with Crippen molar-refractivity contribution in [2.24, 2.45) is 5.92 Å². The molecule has 4 aliphatic heterocycles. The molecule has 2 aromatic heterocycles. The van der Waals surface area contributed by atoms with Gasteiger partial charge in [0.2, 0.25) is 23.5 Å². The van der Waals surface area contributed by atoms with Gasteiger partial charge < -0.3 is 24.8 Å².